The molecule has 0 fully saturated rings. The molecule has 0 unspecified atom stereocenters. The predicted molar refractivity (Wildman–Crippen MR) is 77.5 cm³/mol. The van der Waals surface area contributed by atoms with Crippen molar-refractivity contribution in [1.29, 1.82) is 0 Å². The molecule has 0 radical (unpaired) electrons. The first-order valence-electron chi connectivity index (χ1n) is 6.23. The molecule has 112 valence electrons. The number of phenolic OH excluding ortho intramolecular Hbond substituents is 1. The lowest BCUT2D eigenvalue weighted by atomic mass is 10.0. The Labute approximate surface area is 126 Å². The van der Waals surface area contributed by atoms with Crippen LogP contribution in [0.15, 0.2) is 18.6 Å². The van der Waals surface area contributed by atoms with Crippen molar-refractivity contribution >= 4 is 17.6 Å². The lowest BCUT2D eigenvalue weighted by Gasteiger charge is -2.14. The number of aromatic nitrogens is 2. The lowest BCUT2D eigenvalue weighted by Crippen LogP contribution is -2.07. The van der Waals surface area contributed by atoms with Crippen molar-refractivity contribution in [2.45, 2.75) is 13.5 Å². The molecule has 0 aliphatic carbocycles. The summed E-state index contributed by atoms with van der Waals surface area (Å²) in [5.41, 5.74) is 1.62. The highest BCUT2D eigenvalue weighted by molar-refractivity contribution is 6.33. The third kappa shape index (κ3) is 2.72. The third-order valence-electron chi connectivity index (χ3n) is 3.22. The van der Waals surface area contributed by atoms with Gasteiger partial charge in [-0.3, -0.25) is 0 Å². The van der Waals surface area contributed by atoms with Gasteiger partial charge in [0.1, 0.15) is 5.75 Å². The number of rotatable bonds is 4. The summed E-state index contributed by atoms with van der Waals surface area (Å²) >= 11 is 6.10. The van der Waals surface area contributed by atoms with E-state index in [-0.39, 0.29) is 22.9 Å². The SMILES string of the molecule is COC(=O)c1cc(-c2cncn2CCO)c(O)c(Cl)c1C. The third-order valence-corrected chi connectivity index (χ3v) is 3.68. The Kier molecular flexibility index (Phi) is 4.50. The van der Waals surface area contributed by atoms with E-state index in [1.165, 1.54) is 25.7 Å². The zero-order chi connectivity index (χ0) is 15.6. The van der Waals surface area contributed by atoms with Crippen molar-refractivity contribution in [3.05, 3.63) is 34.7 Å². The summed E-state index contributed by atoms with van der Waals surface area (Å²) in [6.07, 6.45) is 3.05. The number of carbonyl (C=O) groups excluding carboxylic acids is 1. The number of nitrogens with zero attached hydrogens (tertiary/aromatic N) is 2. The first-order valence-corrected chi connectivity index (χ1v) is 6.60. The van der Waals surface area contributed by atoms with Gasteiger partial charge in [0.25, 0.3) is 0 Å². The number of hydrogen-bond acceptors (Lipinski definition) is 5. The van der Waals surface area contributed by atoms with Crippen LogP contribution in [-0.4, -0.2) is 39.5 Å². The Morgan fingerprint density at radius 2 is 2.24 bits per heavy atom. The van der Waals surface area contributed by atoms with Crippen LogP contribution < -0.4 is 0 Å². The van der Waals surface area contributed by atoms with Crippen LogP contribution in [0.3, 0.4) is 0 Å². The van der Waals surface area contributed by atoms with E-state index in [2.05, 4.69) is 4.98 Å². The van der Waals surface area contributed by atoms with Crippen LogP contribution in [0.2, 0.25) is 5.02 Å². The molecule has 0 spiro atoms. The molecule has 1 heterocycles. The Hall–Kier alpha value is -2.05. The van der Waals surface area contributed by atoms with Crippen molar-refractivity contribution < 1.29 is 19.7 Å². The summed E-state index contributed by atoms with van der Waals surface area (Å²) in [7, 11) is 1.28. The summed E-state index contributed by atoms with van der Waals surface area (Å²) in [6, 6.07) is 1.51. The Bertz CT molecular complexity index is 682. The highest BCUT2D eigenvalue weighted by Crippen LogP contribution is 2.39. The van der Waals surface area contributed by atoms with Gasteiger partial charge in [-0.25, -0.2) is 9.78 Å². The average molecular weight is 311 g/mol. The number of carbonyl (C=O) groups is 1. The fourth-order valence-electron chi connectivity index (χ4n) is 2.08. The standard InChI is InChI=1S/C14H15ClN2O4/c1-8-9(14(20)21-2)5-10(13(19)12(8)15)11-6-16-7-17(11)3-4-18/h5-7,18-19H,3-4H2,1-2H3. The number of methoxy groups -OCH3 is 1. The lowest BCUT2D eigenvalue weighted by molar-refractivity contribution is 0.0600. The molecule has 2 aromatic rings. The fourth-order valence-corrected chi connectivity index (χ4v) is 2.29. The largest absolute Gasteiger partial charge is 0.506 e. The van der Waals surface area contributed by atoms with Gasteiger partial charge < -0.3 is 19.5 Å². The molecule has 0 amide bonds. The fraction of sp³-hybridized carbons (Fsp3) is 0.286. The van der Waals surface area contributed by atoms with Crippen molar-refractivity contribution in [1.82, 2.24) is 9.55 Å². The minimum absolute atomic E-state index is 0.0758. The molecular weight excluding hydrogens is 296 g/mol. The molecule has 0 aliphatic rings. The number of phenols is 1. The van der Waals surface area contributed by atoms with Gasteiger partial charge in [0.05, 0.1) is 42.5 Å². The second kappa shape index (κ2) is 6.15. The summed E-state index contributed by atoms with van der Waals surface area (Å²) in [4.78, 5) is 15.8. The minimum Gasteiger partial charge on any atom is -0.506 e. The molecule has 0 aliphatic heterocycles. The summed E-state index contributed by atoms with van der Waals surface area (Å²) in [5, 5.41) is 19.4. The summed E-state index contributed by atoms with van der Waals surface area (Å²) in [5.74, 6) is -0.676. The average Bonchev–Trinajstić information content (AvgIpc) is 2.93. The van der Waals surface area contributed by atoms with Gasteiger partial charge in [-0.05, 0) is 18.6 Å². The van der Waals surface area contributed by atoms with E-state index in [1.54, 1.807) is 11.5 Å². The van der Waals surface area contributed by atoms with Gasteiger partial charge in [-0.15, -0.1) is 0 Å². The normalized spacial score (nSPS) is 10.7. The summed E-state index contributed by atoms with van der Waals surface area (Å²) < 4.78 is 6.37. The number of ether oxygens (including phenoxy) is 1. The molecule has 2 N–H and O–H groups in total. The van der Waals surface area contributed by atoms with Crippen LogP contribution in [0.4, 0.5) is 0 Å². The number of halogens is 1. The number of esters is 1. The maximum Gasteiger partial charge on any atom is 0.338 e. The van der Waals surface area contributed by atoms with Crippen LogP contribution in [0.1, 0.15) is 15.9 Å². The second-order valence-electron chi connectivity index (χ2n) is 4.45. The zero-order valence-corrected chi connectivity index (χ0v) is 12.4. The van der Waals surface area contributed by atoms with Gasteiger partial charge in [0.2, 0.25) is 0 Å². The van der Waals surface area contributed by atoms with Crippen molar-refractivity contribution in [2.75, 3.05) is 13.7 Å². The summed E-state index contributed by atoms with van der Waals surface area (Å²) in [6.45, 7) is 1.87. The van der Waals surface area contributed by atoms with Crippen LogP contribution >= 0.6 is 11.6 Å². The maximum absolute atomic E-state index is 11.8. The molecule has 0 atom stereocenters. The van der Waals surface area contributed by atoms with Crippen molar-refractivity contribution in [3.63, 3.8) is 0 Å². The molecule has 7 heteroatoms. The van der Waals surface area contributed by atoms with Crippen LogP contribution in [0.5, 0.6) is 5.75 Å². The van der Waals surface area contributed by atoms with E-state index >= 15 is 0 Å². The monoisotopic (exact) mass is 310 g/mol. The number of aliphatic hydroxyl groups excluding tert-OH is 1. The number of imidazole rings is 1. The topological polar surface area (TPSA) is 84.6 Å². The Morgan fingerprint density at radius 1 is 1.52 bits per heavy atom. The molecule has 0 saturated carbocycles. The van der Waals surface area contributed by atoms with E-state index in [0.717, 1.165) is 0 Å². The van der Waals surface area contributed by atoms with Crippen molar-refractivity contribution in [2.24, 2.45) is 0 Å². The maximum atomic E-state index is 11.8. The van der Waals surface area contributed by atoms with Crippen LogP contribution in [-0.2, 0) is 11.3 Å². The first-order chi connectivity index (χ1) is 10.0. The van der Waals surface area contributed by atoms with Gasteiger partial charge in [-0.2, -0.15) is 0 Å². The molecule has 21 heavy (non-hydrogen) atoms. The quantitative estimate of drug-likeness (QED) is 0.844. The second-order valence-corrected chi connectivity index (χ2v) is 4.82. The van der Waals surface area contributed by atoms with E-state index < -0.39 is 5.97 Å². The van der Waals surface area contributed by atoms with Gasteiger partial charge in [-0.1, -0.05) is 11.6 Å². The molecule has 1 aromatic carbocycles. The Balaban J connectivity index is 2.66. The molecule has 0 bridgehead atoms. The van der Waals surface area contributed by atoms with Gasteiger partial charge in [0.15, 0.2) is 0 Å². The van der Waals surface area contributed by atoms with E-state index in [1.807, 2.05) is 0 Å². The van der Waals surface area contributed by atoms with Crippen LogP contribution in [0, 0.1) is 6.92 Å². The Morgan fingerprint density at radius 3 is 2.86 bits per heavy atom. The zero-order valence-electron chi connectivity index (χ0n) is 11.6. The highest BCUT2D eigenvalue weighted by Gasteiger charge is 2.21. The minimum atomic E-state index is -0.538. The predicted octanol–water partition coefficient (Wildman–Crippen LogP) is 2.00. The van der Waals surface area contributed by atoms with E-state index in [9.17, 15) is 9.90 Å². The molecular formula is C14H15ClN2O4. The number of aliphatic hydroxyl groups is 1. The van der Waals surface area contributed by atoms with Gasteiger partial charge >= 0.3 is 5.97 Å². The highest BCUT2D eigenvalue weighted by atomic mass is 35.5. The number of benzene rings is 1. The smallest absolute Gasteiger partial charge is 0.338 e. The van der Waals surface area contributed by atoms with Crippen LogP contribution in [0.25, 0.3) is 11.3 Å². The number of aromatic hydroxyl groups is 1. The molecule has 2 rings (SSSR count). The molecule has 1 aromatic heterocycles. The molecule has 0 saturated heterocycles. The van der Waals surface area contributed by atoms with Crippen molar-refractivity contribution in [3.8, 4) is 17.0 Å². The van der Waals surface area contributed by atoms with Gasteiger partial charge in [0, 0.05) is 12.1 Å². The first kappa shape index (κ1) is 15.3. The van der Waals surface area contributed by atoms with E-state index in [4.69, 9.17) is 21.4 Å². The molecule has 6 nitrogen and oxygen atoms in total. The number of hydrogen-bond donors (Lipinski definition) is 2. The van der Waals surface area contributed by atoms with E-state index in [0.29, 0.717) is 23.4 Å².